The smallest absolute Gasteiger partial charge is 0.124 e. The zero-order chi connectivity index (χ0) is 14.8. The minimum atomic E-state index is -0.446. The van der Waals surface area contributed by atoms with Gasteiger partial charge in [-0.15, -0.1) is 0 Å². The van der Waals surface area contributed by atoms with E-state index in [1.807, 2.05) is 12.1 Å². The number of rotatable bonds is 2. The van der Waals surface area contributed by atoms with E-state index in [2.05, 4.69) is 31.2 Å². The van der Waals surface area contributed by atoms with Crippen molar-refractivity contribution in [3.05, 3.63) is 58.6 Å². The van der Waals surface area contributed by atoms with Crippen LogP contribution < -0.4 is 5.32 Å². The summed E-state index contributed by atoms with van der Waals surface area (Å²) in [5, 5.41) is 12.2. The zero-order valence-electron chi connectivity index (χ0n) is 10.6. The first kappa shape index (κ1) is 13.5. The summed E-state index contributed by atoms with van der Waals surface area (Å²) in [6, 6.07) is 9.60. The number of nitriles is 1. The summed E-state index contributed by atoms with van der Waals surface area (Å²) in [6.07, 6.45) is 3.32. The van der Waals surface area contributed by atoms with Crippen molar-refractivity contribution < 1.29 is 4.39 Å². The number of nitrogens with one attached hydrogen (secondary N) is 1. The van der Waals surface area contributed by atoms with Gasteiger partial charge in [-0.3, -0.25) is 9.97 Å². The van der Waals surface area contributed by atoms with Crippen molar-refractivity contribution in [2.24, 2.45) is 0 Å². The van der Waals surface area contributed by atoms with E-state index in [4.69, 9.17) is 5.26 Å². The van der Waals surface area contributed by atoms with Crippen LogP contribution in [0.4, 0.5) is 15.8 Å². The first-order valence-corrected chi connectivity index (χ1v) is 6.83. The Bertz CT molecular complexity index is 873. The van der Waals surface area contributed by atoms with Gasteiger partial charge in [-0.05, 0) is 46.3 Å². The predicted molar refractivity (Wildman–Crippen MR) is 81.6 cm³/mol. The Morgan fingerprint density at radius 2 is 2.00 bits per heavy atom. The highest BCUT2D eigenvalue weighted by molar-refractivity contribution is 9.10. The van der Waals surface area contributed by atoms with Crippen LogP contribution in [0.5, 0.6) is 0 Å². The second kappa shape index (κ2) is 5.46. The molecule has 0 unspecified atom stereocenters. The van der Waals surface area contributed by atoms with E-state index < -0.39 is 5.82 Å². The topological polar surface area (TPSA) is 61.6 Å². The van der Waals surface area contributed by atoms with Crippen LogP contribution in [-0.2, 0) is 0 Å². The maximum absolute atomic E-state index is 13.2. The minimum absolute atomic E-state index is 0.233. The van der Waals surface area contributed by atoms with Crippen LogP contribution in [0.1, 0.15) is 5.56 Å². The van der Waals surface area contributed by atoms with Gasteiger partial charge >= 0.3 is 0 Å². The van der Waals surface area contributed by atoms with Crippen molar-refractivity contribution >= 4 is 38.3 Å². The lowest BCUT2D eigenvalue weighted by Crippen LogP contribution is -1.97. The van der Waals surface area contributed by atoms with E-state index in [0.29, 0.717) is 16.9 Å². The van der Waals surface area contributed by atoms with Crippen molar-refractivity contribution in [1.29, 1.82) is 5.26 Å². The molecule has 2 aromatic heterocycles. The molecule has 102 valence electrons. The molecule has 6 heteroatoms. The maximum Gasteiger partial charge on any atom is 0.124 e. The summed E-state index contributed by atoms with van der Waals surface area (Å²) < 4.78 is 14.0. The van der Waals surface area contributed by atoms with Gasteiger partial charge in [0.25, 0.3) is 0 Å². The maximum atomic E-state index is 13.2. The number of hydrogen-bond donors (Lipinski definition) is 1. The van der Waals surface area contributed by atoms with Gasteiger partial charge in [0.1, 0.15) is 17.4 Å². The van der Waals surface area contributed by atoms with E-state index >= 15 is 0 Å². The van der Waals surface area contributed by atoms with Crippen LogP contribution >= 0.6 is 15.9 Å². The Labute approximate surface area is 128 Å². The molecule has 0 radical (unpaired) electrons. The molecule has 0 saturated carbocycles. The molecule has 1 N–H and O–H groups in total. The molecule has 3 rings (SSSR count). The molecule has 4 nitrogen and oxygen atoms in total. The number of pyridine rings is 2. The molecule has 0 aliphatic rings. The number of fused-ring (bicyclic) bond motifs is 1. The average Bonchev–Trinajstić information content (AvgIpc) is 2.49. The normalized spacial score (nSPS) is 10.3. The molecule has 0 aliphatic heterocycles. The number of hydrogen-bond acceptors (Lipinski definition) is 4. The molecule has 0 saturated heterocycles. The van der Waals surface area contributed by atoms with Gasteiger partial charge in [-0.1, -0.05) is 0 Å². The Balaban J connectivity index is 2.09. The fourth-order valence-electron chi connectivity index (χ4n) is 1.97. The molecule has 0 bridgehead atoms. The van der Waals surface area contributed by atoms with Crippen molar-refractivity contribution in [3.63, 3.8) is 0 Å². The molecule has 0 spiro atoms. The van der Waals surface area contributed by atoms with Crippen LogP contribution in [0.15, 0.2) is 47.2 Å². The van der Waals surface area contributed by atoms with Gasteiger partial charge in [-0.2, -0.15) is 5.26 Å². The van der Waals surface area contributed by atoms with Gasteiger partial charge in [0.2, 0.25) is 0 Å². The third kappa shape index (κ3) is 2.69. The molecule has 1 aromatic carbocycles. The Hall–Kier alpha value is -2.52. The third-order valence-electron chi connectivity index (χ3n) is 2.92. The number of aromatic nitrogens is 2. The highest BCUT2D eigenvalue weighted by atomic mass is 79.9. The molecule has 0 aliphatic carbocycles. The fourth-order valence-corrected chi connectivity index (χ4v) is 2.29. The second-order valence-electron chi connectivity index (χ2n) is 4.31. The monoisotopic (exact) mass is 342 g/mol. The van der Waals surface area contributed by atoms with Crippen molar-refractivity contribution in [3.8, 4) is 6.07 Å². The lowest BCUT2D eigenvalue weighted by atomic mass is 10.1. The van der Waals surface area contributed by atoms with E-state index in [1.54, 1.807) is 18.5 Å². The van der Waals surface area contributed by atoms with Gasteiger partial charge in [0, 0.05) is 16.9 Å². The van der Waals surface area contributed by atoms with E-state index in [0.717, 1.165) is 9.99 Å². The standard InChI is InChI=1S/C15H8BrFN4/c16-10-6-14-15(20-8-10)13(3-4-19-14)21-12-2-1-11(17)5-9(12)7-18/h1-6,8H,(H,19,21). The van der Waals surface area contributed by atoms with Crippen LogP contribution in [0.3, 0.4) is 0 Å². The quantitative estimate of drug-likeness (QED) is 0.759. The van der Waals surface area contributed by atoms with Crippen molar-refractivity contribution in [1.82, 2.24) is 9.97 Å². The van der Waals surface area contributed by atoms with E-state index in [9.17, 15) is 4.39 Å². The Morgan fingerprint density at radius 1 is 1.14 bits per heavy atom. The highest BCUT2D eigenvalue weighted by Gasteiger charge is 2.08. The van der Waals surface area contributed by atoms with E-state index in [-0.39, 0.29) is 5.56 Å². The molecule has 2 heterocycles. The zero-order valence-corrected chi connectivity index (χ0v) is 12.2. The number of benzene rings is 1. The second-order valence-corrected chi connectivity index (χ2v) is 5.22. The highest BCUT2D eigenvalue weighted by Crippen LogP contribution is 2.27. The third-order valence-corrected chi connectivity index (χ3v) is 3.35. The first-order chi connectivity index (χ1) is 10.2. The molecule has 21 heavy (non-hydrogen) atoms. The lowest BCUT2D eigenvalue weighted by molar-refractivity contribution is 0.627. The molecule has 3 aromatic rings. The van der Waals surface area contributed by atoms with Crippen LogP contribution in [-0.4, -0.2) is 9.97 Å². The van der Waals surface area contributed by atoms with Gasteiger partial charge < -0.3 is 5.32 Å². The number of anilines is 2. The largest absolute Gasteiger partial charge is 0.353 e. The summed E-state index contributed by atoms with van der Waals surface area (Å²) in [6.45, 7) is 0. The number of nitrogens with zero attached hydrogens (tertiary/aromatic N) is 3. The van der Waals surface area contributed by atoms with Crippen molar-refractivity contribution in [2.75, 3.05) is 5.32 Å². The average molecular weight is 343 g/mol. The first-order valence-electron chi connectivity index (χ1n) is 6.04. The SMILES string of the molecule is N#Cc1cc(F)ccc1Nc1ccnc2cc(Br)cnc12. The van der Waals surface area contributed by atoms with Crippen LogP contribution in [0.2, 0.25) is 0 Å². The Kier molecular flexibility index (Phi) is 3.50. The predicted octanol–water partition coefficient (Wildman–Crippen LogP) is 4.15. The lowest BCUT2D eigenvalue weighted by Gasteiger charge is -2.10. The van der Waals surface area contributed by atoms with Gasteiger partial charge in [-0.25, -0.2) is 4.39 Å². The van der Waals surface area contributed by atoms with Crippen molar-refractivity contribution in [2.45, 2.75) is 0 Å². The summed E-state index contributed by atoms with van der Waals surface area (Å²) in [5.74, 6) is -0.446. The molecule has 0 amide bonds. The summed E-state index contributed by atoms with van der Waals surface area (Å²) in [5.41, 5.74) is 2.85. The minimum Gasteiger partial charge on any atom is -0.353 e. The van der Waals surface area contributed by atoms with Crippen LogP contribution in [0, 0.1) is 17.1 Å². The molecule has 0 atom stereocenters. The Morgan fingerprint density at radius 3 is 2.81 bits per heavy atom. The summed E-state index contributed by atoms with van der Waals surface area (Å²) in [4.78, 5) is 8.56. The van der Waals surface area contributed by atoms with Gasteiger partial charge in [0.15, 0.2) is 0 Å². The molecular weight excluding hydrogens is 335 g/mol. The molecular formula is C15H8BrFN4. The van der Waals surface area contributed by atoms with E-state index in [1.165, 1.54) is 18.2 Å². The number of halogens is 2. The molecule has 0 fully saturated rings. The van der Waals surface area contributed by atoms with Gasteiger partial charge in [0.05, 0.1) is 22.5 Å². The fraction of sp³-hybridized carbons (Fsp3) is 0. The summed E-state index contributed by atoms with van der Waals surface area (Å²) in [7, 11) is 0. The van der Waals surface area contributed by atoms with Crippen LogP contribution in [0.25, 0.3) is 11.0 Å². The summed E-state index contributed by atoms with van der Waals surface area (Å²) >= 11 is 3.35.